The van der Waals surface area contributed by atoms with Gasteiger partial charge in [-0.15, -0.1) is 0 Å². The summed E-state index contributed by atoms with van der Waals surface area (Å²) in [5.41, 5.74) is 4.02. The number of aryl methyl sites for hydroxylation is 1. The predicted molar refractivity (Wildman–Crippen MR) is 71.1 cm³/mol. The molecule has 1 heterocycles. The molecule has 19 heavy (non-hydrogen) atoms. The molecule has 3 aromatic rings. The largest absolute Gasteiger partial charge is 0.478 e. The molecular weight excluding hydrogens is 242 g/mol. The number of carbonyl (C=O) groups is 1. The third kappa shape index (κ3) is 1.78. The minimum atomic E-state index is -1.00. The zero-order valence-corrected chi connectivity index (χ0v) is 10.3. The summed E-state index contributed by atoms with van der Waals surface area (Å²) in [6.45, 7) is 2.00. The molecule has 4 heteroatoms. The summed E-state index contributed by atoms with van der Waals surface area (Å²) in [5, 5.41) is 9.14. The molecule has 0 aliphatic carbocycles. The van der Waals surface area contributed by atoms with Crippen LogP contribution in [0, 0.1) is 6.92 Å². The number of benzene rings is 2. The van der Waals surface area contributed by atoms with Gasteiger partial charge in [-0.05, 0) is 30.2 Å². The Morgan fingerprint density at radius 1 is 1.16 bits per heavy atom. The Balaban J connectivity index is 2.33. The van der Waals surface area contributed by atoms with Gasteiger partial charge in [0.15, 0.2) is 12.0 Å². The number of fused-ring (bicyclic) bond motifs is 1. The van der Waals surface area contributed by atoms with Crippen LogP contribution in [0.5, 0.6) is 0 Å². The SMILES string of the molecule is Cc1ccccc1-c1ccc(C(=O)O)c2ncoc12. The summed E-state index contributed by atoms with van der Waals surface area (Å²) in [6, 6.07) is 11.2. The van der Waals surface area contributed by atoms with Gasteiger partial charge in [0.05, 0.1) is 5.56 Å². The lowest BCUT2D eigenvalue weighted by Gasteiger charge is -2.06. The van der Waals surface area contributed by atoms with Gasteiger partial charge in [0.1, 0.15) is 5.52 Å². The van der Waals surface area contributed by atoms with Crippen molar-refractivity contribution < 1.29 is 14.3 Å². The van der Waals surface area contributed by atoms with Gasteiger partial charge in [0, 0.05) is 5.56 Å². The lowest BCUT2D eigenvalue weighted by atomic mass is 9.98. The number of carboxylic acid groups (broad SMARTS) is 1. The van der Waals surface area contributed by atoms with Gasteiger partial charge in [-0.3, -0.25) is 0 Å². The molecule has 0 aliphatic rings. The van der Waals surface area contributed by atoms with E-state index >= 15 is 0 Å². The topological polar surface area (TPSA) is 63.3 Å². The molecule has 0 saturated carbocycles. The van der Waals surface area contributed by atoms with Gasteiger partial charge >= 0.3 is 5.97 Å². The van der Waals surface area contributed by atoms with Crippen molar-refractivity contribution in [2.75, 3.05) is 0 Å². The van der Waals surface area contributed by atoms with E-state index < -0.39 is 5.97 Å². The predicted octanol–water partition coefficient (Wildman–Crippen LogP) is 3.50. The molecule has 94 valence electrons. The normalized spacial score (nSPS) is 10.8. The summed E-state index contributed by atoms with van der Waals surface area (Å²) in [4.78, 5) is 15.2. The molecular formula is C15H11NO3. The fourth-order valence-corrected chi connectivity index (χ4v) is 2.21. The highest BCUT2D eigenvalue weighted by Crippen LogP contribution is 2.32. The Kier molecular flexibility index (Phi) is 2.56. The number of oxazole rings is 1. The van der Waals surface area contributed by atoms with E-state index in [1.165, 1.54) is 6.39 Å². The fourth-order valence-electron chi connectivity index (χ4n) is 2.21. The average Bonchev–Trinajstić information content (AvgIpc) is 2.87. The molecule has 0 saturated heterocycles. The second-order valence-corrected chi connectivity index (χ2v) is 4.31. The molecule has 0 spiro atoms. The summed E-state index contributed by atoms with van der Waals surface area (Å²) in [5.74, 6) is -1.00. The maximum atomic E-state index is 11.1. The van der Waals surface area contributed by atoms with Crippen LogP contribution in [0.3, 0.4) is 0 Å². The number of nitrogens with zero attached hydrogens (tertiary/aromatic N) is 1. The molecule has 0 fully saturated rings. The first-order valence-electron chi connectivity index (χ1n) is 5.84. The van der Waals surface area contributed by atoms with Crippen LogP contribution in [-0.2, 0) is 0 Å². The molecule has 0 unspecified atom stereocenters. The first-order chi connectivity index (χ1) is 9.18. The van der Waals surface area contributed by atoms with Gasteiger partial charge in [0.2, 0.25) is 0 Å². The van der Waals surface area contributed by atoms with Crippen molar-refractivity contribution >= 4 is 17.1 Å². The molecule has 0 radical (unpaired) electrons. The quantitative estimate of drug-likeness (QED) is 0.759. The average molecular weight is 253 g/mol. The number of hydrogen-bond donors (Lipinski definition) is 1. The maximum absolute atomic E-state index is 11.1. The van der Waals surface area contributed by atoms with Crippen LogP contribution in [0.2, 0.25) is 0 Å². The second-order valence-electron chi connectivity index (χ2n) is 4.31. The van der Waals surface area contributed by atoms with Crippen molar-refractivity contribution in [3.8, 4) is 11.1 Å². The van der Waals surface area contributed by atoms with Crippen LogP contribution in [0.4, 0.5) is 0 Å². The highest BCUT2D eigenvalue weighted by molar-refractivity contribution is 6.04. The summed E-state index contributed by atoms with van der Waals surface area (Å²) in [7, 11) is 0. The molecule has 1 aromatic heterocycles. The minimum absolute atomic E-state index is 0.154. The van der Waals surface area contributed by atoms with Crippen LogP contribution in [0.15, 0.2) is 47.2 Å². The van der Waals surface area contributed by atoms with Gasteiger partial charge in [0.25, 0.3) is 0 Å². The Hall–Kier alpha value is -2.62. The molecule has 0 atom stereocenters. The van der Waals surface area contributed by atoms with Gasteiger partial charge in [-0.2, -0.15) is 0 Å². The highest BCUT2D eigenvalue weighted by Gasteiger charge is 2.16. The Morgan fingerprint density at radius 3 is 2.68 bits per heavy atom. The first-order valence-corrected chi connectivity index (χ1v) is 5.84. The van der Waals surface area contributed by atoms with Crippen molar-refractivity contribution in [1.29, 1.82) is 0 Å². The molecule has 2 aromatic carbocycles. The molecule has 0 bridgehead atoms. The second kappa shape index (κ2) is 4.24. The van der Waals surface area contributed by atoms with Gasteiger partial charge in [-0.25, -0.2) is 9.78 Å². The summed E-state index contributed by atoms with van der Waals surface area (Å²) in [6.07, 6.45) is 1.28. The van der Waals surface area contributed by atoms with Gasteiger partial charge in [-0.1, -0.05) is 24.3 Å². The standard InChI is InChI=1S/C15H11NO3/c1-9-4-2-3-5-10(9)11-6-7-12(15(17)18)13-14(11)19-8-16-13/h2-8H,1H3,(H,17,18). The van der Waals surface area contributed by atoms with E-state index in [0.29, 0.717) is 11.1 Å². The Bertz CT molecular complexity index is 774. The summed E-state index contributed by atoms with van der Waals surface area (Å²) >= 11 is 0. The third-order valence-corrected chi connectivity index (χ3v) is 3.15. The first kappa shape index (κ1) is 11.5. The van der Waals surface area contributed by atoms with Crippen LogP contribution in [0.1, 0.15) is 15.9 Å². The lowest BCUT2D eigenvalue weighted by Crippen LogP contribution is -1.98. The van der Waals surface area contributed by atoms with Crippen molar-refractivity contribution in [3.63, 3.8) is 0 Å². The summed E-state index contributed by atoms with van der Waals surface area (Å²) < 4.78 is 5.37. The lowest BCUT2D eigenvalue weighted by molar-refractivity contribution is 0.0699. The van der Waals surface area contributed by atoms with Crippen molar-refractivity contribution in [2.24, 2.45) is 0 Å². The van der Waals surface area contributed by atoms with Crippen molar-refractivity contribution in [1.82, 2.24) is 4.98 Å². The number of rotatable bonds is 2. The van der Waals surface area contributed by atoms with Crippen LogP contribution in [0.25, 0.3) is 22.2 Å². The molecule has 0 aliphatic heterocycles. The van der Waals surface area contributed by atoms with E-state index in [4.69, 9.17) is 9.52 Å². The smallest absolute Gasteiger partial charge is 0.338 e. The minimum Gasteiger partial charge on any atom is -0.478 e. The van der Waals surface area contributed by atoms with E-state index in [-0.39, 0.29) is 5.56 Å². The molecule has 4 nitrogen and oxygen atoms in total. The number of carboxylic acids is 1. The Morgan fingerprint density at radius 2 is 1.95 bits per heavy atom. The van der Waals surface area contributed by atoms with E-state index in [1.54, 1.807) is 12.1 Å². The van der Waals surface area contributed by atoms with Crippen molar-refractivity contribution in [2.45, 2.75) is 6.92 Å². The highest BCUT2D eigenvalue weighted by atomic mass is 16.4. The van der Waals surface area contributed by atoms with Crippen LogP contribution >= 0.6 is 0 Å². The Labute approximate surface area is 109 Å². The monoisotopic (exact) mass is 253 g/mol. The van der Waals surface area contributed by atoms with Crippen molar-refractivity contribution in [3.05, 3.63) is 53.9 Å². The van der Waals surface area contributed by atoms with E-state index in [1.807, 2.05) is 31.2 Å². The van der Waals surface area contributed by atoms with E-state index in [0.717, 1.165) is 16.7 Å². The van der Waals surface area contributed by atoms with Crippen LogP contribution < -0.4 is 0 Å². The molecule has 3 rings (SSSR count). The maximum Gasteiger partial charge on any atom is 0.338 e. The van der Waals surface area contributed by atoms with Gasteiger partial charge < -0.3 is 9.52 Å². The zero-order valence-electron chi connectivity index (χ0n) is 10.3. The number of aromatic carboxylic acids is 1. The fraction of sp³-hybridized carbons (Fsp3) is 0.0667. The third-order valence-electron chi connectivity index (χ3n) is 3.15. The number of aromatic nitrogens is 1. The molecule has 1 N–H and O–H groups in total. The van der Waals surface area contributed by atoms with E-state index in [9.17, 15) is 4.79 Å². The van der Waals surface area contributed by atoms with E-state index in [2.05, 4.69) is 4.98 Å². The number of hydrogen-bond acceptors (Lipinski definition) is 3. The molecule has 0 amide bonds. The van der Waals surface area contributed by atoms with Crippen LogP contribution in [-0.4, -0.2) is 16.1 Å². The zero-order chi connectivity index (χ0) is 13.4.